The summed E-state index contributed by atoms with van der Waals surface area (Å²) in [5, 5.41) is 12.6. The first-order valence-electron chi connectivity index (χ1n) is 7.99. The number of nitrogens with zero attached hydrogens (tertiary/aromatic N) is 4. The van der Waals surface area contributed by atoms with Crippen LogP contribution in [0.15, 0.2) is 5.11 Å². The van der Waals surface area contributed by atoms with Crippen molar-refractivity contribution in [3.8, 4) is 0 Å². The highest BCUT2D eigenvalue weighted by Gasteiger charge is 2.40. The van der Waals surface area contributed by atoms with Crippen LogP contribution in [0.3, 0.4) is 0 Å². The Balaban J connectivity index is 3.08. The fourth-order valence-corrected chi connectivity index (χ4v) is 1.94. The SMILES string of the molecule is [2H]C([2H])([2H])C1(C([2H])([2H])[2H])C[C@H](CCCN=[N+]=[N-])CN1C(=O)O. The van der Waals surface area contributed by atoms with Crippen LogP contribution < -0.4 is 0 Å². The molecule has 6 nitrogen and oxygen atoms in total. The minimum absolute atomic E-state index is 0.150. The van der Waals surface area contributed by atoms with Gasteiger partial charge in [-0.25, -0.2) is 4.79 Å². The van der Waals surface area contributed by atoms with E-state index in [4.69, 9.17) is 13.8 Å². The zero-order valence-corrected chi connectivity index (χ0v) is 8.76. The first kappa shape index (κ1) is 6.35. The molecule has 1 aliphatic rings. The summed E-state index contributed by atoms with van der Waals surface area (Å²) < 4.78 is 45.5. The summed E-state index contributed by atoms with van der Waals surface area (Å²) in [6.07, 6.45) is -0.968. The van der Waals surface area contributed by atoms with Crippen molar-refractivity contribution in [2.45, 2.75) is 38.5 Å². The summed E-state index contributed by atoms with van der Waals surface area (Å²) in [7, 11) is 0. The Morgan fingerprint density at radius 2 is 2.56 bits per heavy atom. The van der Waals surface area contributed by atoms with Crippen LogP contribution in [-0.4, -0.2) is 34.7 Å². The van der Waals surface area contributed by atoms with Gasteiger partial charge in [-0.05, 0) is 44.4 Å². The van der Waals surface area contributed by atoms with E-state index in [0.717, 1.165) is 0 Å². The molecule has 0 bridgehead atoms. The number of likely N-dealkylation sites (tertiary alicyclic amines) is 1. The maximum Gasteiger partial charge on any atom is 0.407 e. The Labute approximate surface area is 103 Å². The fourth-order valence-electron chi connectivity index (χ4n) is 1.94. The number of azide groups is 1. The lowest BCUT2D eigenvalue weighted by Gasteiger charge is -2.28. The molecule has 1 amide bonds. The van der Waals surface area contributed by atoms with Crippen molar-refractivity contribution < 1.29 is 18.1 Å². The molecule has 1 atom stereocenters. The van der Waals surface area contributed by atoms with Crippen LogP contribution in [0.25, 0.3) is 10.4 Å². The second kappa shape index (κ2) is 5.07. The second-order valence-corrected chi connectivity index (χ2v) is 3.92. The number of carbonyl (C=O) groups is 1. The third-order valence-electron chi connectivity index (χ3n) is 2.65. The van der Waals surface area contributed by atoms with Crippen LogP contribution in [0.5, 0.6) is 0 Å². The van der Waals surface area contributed by atoms with Gasteiger partial charge in [0.25, 0.3) is 0 Å². The molecule has 1 N–H and O–H groups in total. The summed E-state index contributed by atoms with van der Waals surface area (Å²) in [4.78, 5) is 14.5. The van der Waals surface area contributed by atoms with Crippen molar-refractivity contribution in [3.63, 3.8) is 0 Å². The number of hydrogen-bond acceptors (Lipinski definition) is 2. The number of amides is 1. The van der Waals surface area contributed by atoms with E-state index in [1.165, 1.54) is 0 Å². The molecule has 0 aromatic rings. The molecule has 1 aliphatic heterocycles. The number of carboxylic acid groups (broad SMARTS) is 1. The average molecular weight is 232 g/mol. The third-order valence-corrected chi connectivity index (χ3v) is 2.65. The van der Waals surface area contributed by atoms with Gasteiger partial charge in [-0.15, -0.1) is 0 Å². The Morgan fingerprint density at radius 1 is 1.81 bits per heavy atom. The molecular formula is C10H18N4O2. The molecule has 0 aromatic heterocycles. The monoisotopic (exact) mass is 232 g/mol. The van der Waals surface area contributed by atoms with E-state index in [2.05, 4.69) is 10.0 Å². The van der Waals surface area contributed by atoms with Gasteiger partial charge in [-0.1, -0.05) is 5.11 Å². The molecule has 16 heavy (non-hydrogen) atoms. The predicted molar refractivity (Wildman–Crippen MR) is 60.2 cm³/mol. The lowest BCUT2D eigenvalue weighted by molar-refractivity contribution is 0.117. The van der Waals surface area contributed by atoms with Crippen LogP contribution in [0.4, 0.5) is 4.79 Å². The van der Waals surface area contributed by atoms with Crippen LogP contribution >= 0.6 is 0 Å². The standard InChI is InChI=1S/C10H18N4O2/c1-10(2)6-8(4-3-5-12-13-11)7-14(10)9(15)16/h8H,3-7H2,1-2H3,(H,15,16)/t8-/m0/s1/i1D3,2D3. The summed E-state index contributed by atoms with van der Waals surface area (Å²) in [5.74, 6) is -0.397. The van der Waals surface area contributed by atoms with Crippen molar-refractivity contribution in [2.24, 2.45) is 11.0 Å². The van der Waals surface area contributed by atoms with Gasteiger partial charge < -0.3 is 10.0 Å². The summed E-state index contributed by atoms with van der Waals surface area (Å²) in [5.41, 5.74) is 5.80. The minimum Gasteiger partial charge on any atom is -0.465 e. The molecule has 1 fully saturated rings. The zero-order chi connectivity index (χ0) is 17.2. The van der Waals surface area contributed by atoms with Crippen LogP contribution in [0, 0.1) is 5.92 Å². The molecule has 6 heteroatoms. The van der Waals surface area contributed by atoms with Gasteiger partial charge in [0.15, 0.2) is 0 Å². The summed E-state index contributed by atoms with van der Waals surface area (Å²) in [6, 6.07) is 0. The molecule has 1 rings (SSSR count). The molecule has 0 spiro atoms. The predicted octanol–water partition coefficient (Wildman–Crippen LogP) is 2.86. The molecular weight excluding hydrogens is 208 g/mol. The summed E-state index contributed by atoms with van der Waals surface area (Å²) >= 11 is 0. The van der Waals surface area contributed by atoms with Crippen molar-refractivity contribution in [3.05, 3.63) is 10.4 Å². The maximum absolute atomic E-state index is 11.4. The van der Waals surface area contributed by atoms with Crippen molar-refractivity contribution in [1.82, 2.24) is 4.90 Å². The van der Waals surface area contributed by atoms with Crippen molar-refractivity contribution in [2.75, 3.05) is 13.1 Å². The Kier molecular flexibility index (Phi) is 2.01. The van der Waals surface area contributed by atoms with Crippen LogP contribution in [0.2, 0.25) is 0 Å². The smallest absolute Gasteiger partial charge is 0.407 e. The van der Waals surface area contributed by atoms with E-state index in [9.17, 15) is 9.90 Å². The molecule has 0 unspecified atom stereocenters. The number of hydrogen-bond donors (Lipinski definition) is 1. The first-order valence-corrected chi connectivity index (χ1v) is 4.99. The zero-order valence-electron chi connectivity index (χ0n) is 14.8. The highest BCUT2D eigenvalue weighted by Crippen LogP contribution is 2.34. The molecule has 0 aromatic carbocycles. The minimum atomic E-state index is -2.96. The molecule has 90 valence electrons. The highest BCUT2D eigenvalue weighted by molar-refractivity contribution is 5.66. The lowest BCUT2D eigenvalue weighted by atomic mass is 9.93. The normalized spacial score (nSPS) is 30.0. The van der Waals surface area contributed by atoms with E-state index in [1.807, 2.05) is 0 Å². The van der Waals surface area contributed by atoms with Crippen LogP contribution in [-0.2, 0) is 0 Å². The van der Waals surface area contributed by atoms with E-state index in [-0.39, 0.29) is 19.5 Å². The largest absolute Gasteiger partial charge is 0.465 e. The average Bonchev–Trinajstić information content (AvgIpc) is 2.75. The van der Waals surface area contributed by atoms with E-state index in [1.54, 1.807) is 0 Å². The van der Waals surface area contributed by atoms with E-state index in [0.29, 0.717) is 17.7 Å². The van der Waals surface area contributed by atoms with Gasteiger partial charge in [0.05, 0.1) is 0 Å². The van der Waals surface area contributed by atoms with Gasteiger partial charge in [0, 0.05) is 31.8 Å². The van der Waals surface area contributed by atoms with Crippen molar-refractivity contribution in [1.29, 1.82) is 0 Å². The number of rotatable bonds is 4. The van der Waals surface area contributed by atoms with Gasteiger partial charge in [-0.3, -0.25) is 0 Å². The molecule has 0 radical (unpaired) electrons. The second-order valence-electron chi connectivity index (χ2n) is 3.92. The molecule has 0 aliphatic carbocycles. The molecule has 0 saturated carbocycles. The Morgan fingerprint density at radius 3 is 3.06 bits per heavy atom. The summed E-state index contributed by atoms with van der Waals surface area (Å²) in [6.45, 7) is -5.87. The maximum atomic E-state index is 11.4. The van der Waals surface area contributed by atoms with Crippen LogP contribution in [0.1, 0.15) is 41.2 Å². The van der Waals surface area contributed by atoms with E-state index >= 15 is 0 Å². The Hall–Kier alpha value is -1.42. The first-order chi connectivity index (χ1) is 9.97. The highest BCUT2D eigenvalue weighted by atomic mass is 16.4. The lowest BCUT2D eigenvalue weighted by Crippen LogP contribution is -2.41. The third kappa shape index (κ3) is 3.03. The quantitative estimate of drug-likeness (QED) is 0.349. The van der Waals surface area contributed by atoms with E-state index < -0.39 is 31.3 Å². The molecule has 1 heterocycles. The van der Waals surface area contributed by atoms with Crippen molar-refractivity contribution >= 4 is 6.09 Å². The van der Waals surface area contributed by atoms with Gasteiger partial charge in [0.2, 0.25) is 0 Å². The topological polar surface area (TPSA) is 89.3 Å². The molecule has 1 saturated heterocycles. The Bertz CT molecular complexity index is 457. The van der Waals surface area contributed by atoms with Gasteiger partial charge in [0.1, 0.15) is 0 Å². The van der Waals surface area contributed by atoms with Gasteiger partial charge >= 0.3 is 6.09 Å². The van der Waals surface area contributed by atoms with Gasteiger partial charge in [-0.2, -0.15) is 0 Å². The fraction of sp³-hybridized carbons (Fsp3) is 0.900.